The number of methoxy groups -OCH3 is 1. The summed E-state index contributed by atoms with van der Waals surface area (Å²) in [7, 11) is 1.67. The second-order valence-electron chi connectivity index (χ2n) is 4.54. The van der Waals surface area contributed by atoms with Crippen LogP contribution >= 0.6 is 0 Å². The largest absolute Gasteiger partial charge is 0.497 e. The summed E-state index contributed by atoms with van der Waals surface area (Å²) in [5.41, 5.74) is 4.11. The normalized spacial score (nSPS) is 14.0. The van der Waals surface area contributed by atoms with Crippen molar-refractivity contribution in [2.75, 3.05) is 32.2 Å². The van der Waals surface area contributed by atoms with E-state index in [1.54, 1.807) is 7.11 Å². The molecule has 0 saturated carbocycles. The van der Waals surface area contributed by atoms with Crippen molar-refractivity contribution < 1.29 is 4.74 Å². The van der Waals surface area contributed by atoms with Crippen molar-refractivity contribution in [1.29, 1.82) is 0 Å². The van der Waals surface area contributed by atoms with Gasteiger partial charge in [-0.3, -0.25) is 5.43 Å². The Balaban J connectivity index is 1.83. The molecule has 104 valence electrons. The molecule has 2 rings (SSSR count). The van der Waals surface area contributed by atoms with Crippen molar-refractivity contribution in [1.82, 2.24) is 10.3 Å². The molecule has 1 aromatic rings. The lowest BCUT2D eigenvalue weighted by Gasteiger charge is -2.19. The Bertz CT molecular complexity index is 416. The third kappa shape index (κ3) is 3.77. The smallest absolute Gasteiger partial charge is 0.145 e. The van der Waals surface area contributed by atoms with Gasteiger partial charge in [-0.25, -0.2) is 0 Å². The van der Waals surface area contributed by atoms with Gasteiger partial charge in [-0.2, -0.15) is 5.10 Å². The molecule has 0 spiro atoms. The molecule has 1 heterocycles. The second kappa shape index (κ2) is 6.87. The minimum absolute atomic E-state index is 0.739. The molecular formula is C14H22N4O. The van der Waals surface area contributed by atoms with Gasteiger partial charge in [0.25, 0.3) is 0 Å². The summed E-state index contributed by atoms with van der Waals surface area (Å²) in [5.74, 6) is 1.94. The molecule has 0 bridgehead atoms. The van der Waals surface area contributed by atoms with Crippen LogP contribution in [0.5, 0.6) is 5.75 Å². The summed E-state index contributed by atoms with van der Waals surface area (Å²) in [6.07, 6.45) is 2.40. The maximum Gasteiger partial charge on any atom is 0.145 e. The Morgan fingerprint density at radius 1 is 1.37 bits per heavy atom. The topological polar surface area (TPSA) is 48.9 Å². The van der Waals surface area contributed by atoms with Gasteiger partial charge < -0.3 is 15.0 Å². The number of hydrogen-bond donors (Lipinski definition) is 2. The molecule has 0 aromatic heterocycles. The quantitative estimate of drug-likeness (QED) is 0.790. The number of nitrogens with zero attached hydrogens (tertiary/aromatic N) is 2. The highest BCUT2D eigenvalue weighted by molar-refractivity contribution is 5.87. The molecular weight excluding hydrogens is 240 g/mol. The second-order valence-corrected chi connectivity index (χ2v) is 4.54. The summed E-state index contributed by atoms with van der Waals surface area (Å²) in [4.78, 5) is 2.28. The van der Waals surface area contributed by atoms with Crippen molar-refractivity contribution in [3.8, 4) is 5.75 Å². The van der Waals surface area contributed by atoms with Crippen molar-refractivity contribution in [3.05, 3.63) is 24.3 Å². The van der Waals surface area contributed by atoms with E-state index in [1.807, 2.05) is 24.3 Å². The average molecular weight is 262 g/mol. The predicted molar refractivity (Wildman–Crippen MR) is 78.5 cm³/mol. The molecule has 0 fully saturated rings. The zero-order chi connectivity index (χ0) is 13.5. The van der Waals surface area contributed by atoms with Crippen molar-refractivity contribution in [2.45, 2.75) is 19.8 Å². The predicted octanol–water partition coefficient (Wildman–Crippen LogP) is 2.08. The van der Waals surface area contributed by atoms with Crippen LogP contribution < -0.4 is 15.5 Å². The van der Waals surface area contributed by atoms with Gasteiger partial charge >= 0.3 is 0 Å². The van der Waals surface area contributed by atoms with Gasteiger partial charge in [0.2, 0.25) is 0 Å². The molecule has 1 aliphatic heterocycles. The fourth-order valence-corrected chi connectivity index (χ4v) is 1.97. The van der Waals surface area contributed by atoms with Gasteiger partial charge in [-0.1, -0.05) is 13.3 Å². The van der Waals surface area contributed by atoms with E-state index in [1.165, 1.54) is 12.8 Å². The molecule has 0 unspecified atom stereocenters. The molecule has 2 N–H and O–H groups in total. The van der Waals surface area contributed by atoms with Crippen LogP contribution in [0.1, 0.15) is 19.8 Å². The van der Waals surface area contributed by atoms with Crippen molar-refractivity contribution >= 4 is 11.5 Å². The van der Waals surface area contributed by atoms with Gasteiger partial charge in [0.15, 0.2) is 0 Å². The first-order chi connectivity index (χ1) is 9.33. The Kier molecular flexibility index (Phi) is 4.89. The molecule has 19 heavy (non-hydrogen) atoms. The summed E-state index contributed by atoms with van der Waals surface area (Å²) in [6, 6.07) is 7.92. The number of rotatable bonds is 7. The third-order valence-corrected chi connectivity index (χ3v) is 3.16. The molecule has 0 saturated heterocycles. The maximum absolute atomic E-state index is 5.14. The Hall–Kier alpha value is -1.91. The highest BCUT2D eigenvalue weighted by Crippen LogP contribution is 2.15. The van der Waals surface area contributed by atoms with Crippen molar-refractivity contribution in [3.63, 3.8) is 0 Å². The van der Waals surface area contributed by atoms with Crippen LogP contribution in [0.3, 0.4) is 0 Å². The zero-order valence-corrected chi connectivity index (χ0v) is 11.6. The van der Waals surface area contributed by atoms with Gasteiger partial charge in [0.1, 0.15) is 18.3 Å². The van der Waals surface area contributed by atoms with Gasteiger partial charge in [-0.05, 0) is 30.7 Å². The summed E-state index contributed by atoms with van der Waals surface area (Å²) in [5, 5.41) is 7.70. The van der Waals surface area contributed by atoms with Crippen LogP contribution in [0.25, 0.3) is 0 Å². The lowest BCUT2D eigenvalue weighted by Crippen LogP contribution is -2.34. The van der Waals surface area contributed by atoms with Crippen LogP contribution in [0.2, 0.25) is 0 Å². The average Bonchev–Trinajstić information content (AvgIpc) is 2.91. The molecule has 0 atom stereocenters. The SMILES string of the molecule is CCCCN1CNN=C1CNc1ccc(OC)cc1. The van der Waals surface area contributed by atoms with Crippen LogP contribution in [-0.4, -0.2) is 37.6 Å². The van der Waals surface area contributed by atoms with E-state index < -0.39 is 0 Å². The number of anilines is 1. The monoisotopic (exact) mass is 262 g/mol. The van der Waals surface area contributed by atoms with Crippen LogP contribution in [0.4, 0.5) is 5.69 Å². The number of nitrogens with one attached hydrogen (secondary N) is 2. The summed E-state index contributed by atoms with van der Waals surface area (Å²) in [6.45, 7) is 4.82. The Morgan fingerprint density at radius 2 is 2.16 bits per heavy atom. The van der Waals surface area contributed by atoms with Gasteiger partial charge in [0, 0.05) is 12.2 Å². The number of benzene rings is 1. The van der Waals surface area contributed by atoms with Crippen LogP contribution in [0, 0.1) is 0 Å². The van der Waals surface area contributed by atoms with E-state index >= 15 is 0 Å². The molecule has 1 aromatic carbocycles. The Labute approximate surface area is 114 Å². The maximum atomic E-state index is 5.14. The minimum atomic E-state index is 0.739. The third-order valence-electron chi connectivity index (χ3n) is 3.16. The van der Waals surface area contributed by atoms with E-state index in [0.717, 1.165) is 37.0 Å². The molecule has 0 aliphatic carbocycles. The molecule has 0 amide bonds. The number of hydrazone groups is 1. The summed E-state index contributed by atoms with van der Waals surface area (Å²) >= 11 is 0. The highest BCUT2D eigenvalue weighted by Gasteiger charge is 2.15. The number of hydrogen-bond acceptors (Lipinski definition) is 5. The molecule has 0 radical (unpaired) electrons. The molecule has 1 aliphatic rings. The number of amidine groups is 1. The zero-order valence-electron chi connectivity index (χ0n) is 11.6. The number of ether oxygens (including phenoxy) is 1. The lowest BCUT2D eigenvalue weighted by atomic mass is 10.3. The number of unbranched alkanes of at least 4 members (excludes halogenated alkanes) is 1. The Morgan fingerprint density at radius 3 is 2.84 bits per heavy atom. The molecule has 5 heteroatoms. The summed E-state index contributed by atoms with van der Waals surface area (Å²) < 4.78 is 5.14. The first-order valence-electron chi connectivity index (χ1n) is 6.75. The van der Waals surface area contributed by atoms with E-state index in [9.17, 15) is 0 Å². The van der Waals surface area contributed by atoms with Crippen molar-refractivity contribution in [2.24, 2.45) is 5.10 Å². The van der Waals surface area contributed by atoms with Crippen LogP contribution in [0.15, 0.2) is 29.4 Å². The minimum Gasteiger partial charge on any atom is -0.497 e. The fraction of sp³-hybridized carbons (Fsp3) is 0.500. The van der Waals surface area contributed by atoms with Gasteiger partial charge in [-0.15, -0.1) is 0 Å². The van der Waals surface area contributed by atoms with E-state index in [4.69, 9.17) is 4.74 Å². The van der Waals surface area contributed by atoms with Gasteiger partial charge in [0.05, 0.1) is 13.7 Å². The fourth-order valence-electron chi connectivity index (χ4n) is 1.97. The van der Waals surface area contributed by atoms with E-state index in [0.29, 0.717) is 0 Å². The highest BCUT2D eigenvalue weighted by atomic mass is 16.5. The van der Waals surface area contributed by atoms with E-state index in [-0.39, 0.29) is 0 Å². The standard InChI is InChI=1S/C14H22N4O/c1-3-4-9-18-11-16-17-14(18)10-15-12-5-7-13(19-2)8-6-12/h5-8,15-16H,3-4,9-11H2,1-2H3. The lowest BCUT2D eigenvalue weighted by molar-refractivity contribution is 0.411. The first kappa shape index (κ1) is 13.5. The van der Waals surface area contributed by atoms with Crippen LogP contribution in [-0.2, 0) is 0 Å². The van der Waals surface area contributed by atoms with E-state index in [2.05, 4.69) is 27.7 Å². The molecule has 5 nitrogen and oxygen atoms in total. The first-order valence-corrected chi connectivity index (χ1v) is 6.75.